The Morgan fingerprint density at radius 2 is 2.44 bits per heavy atom. The summed E-state index contributed by atoms with van der Waals surface area (Å²) >= 11 is 10.4. The molecule has 1 aromatic heterocycles. The molecule has 0 aromatic carbocycles. The van der Waals surface area contributed by atoms with Gasteiger partial charge in [-0.3, -0.25) is 4.79 Å². The van der Waals surface area contributed by atoms with Crippen molar-refractivity contribution >= 4 is 44.8 Å². The minimum absolute atomic E-state index is 0.210. The van der Waals surface area contributed by atoms with Crippen molar-refractivity contribution in [1.82, 2.24) is 0 Å². The highest BCUT2D eigenvalue weighted by Gasteiger charge is 2.15. The lowest BCUT2D eigenvalue weighted by Crippen LogP contribution is -2.06. The van der Waals surface area contributed by atoms with E-state index in [1.807, 2.05) is 0 Å². The van der Waals surface area contributed by atoms with Crippen LogP contribution in [-0.4, -0.2) is 17.7 Å². The molecule has 0 aliphatic rings. The molecule has 0 radical (unpaired) electrons. The summed E-state index contributed by atoms with van der Waals surface area (Å²) in [5.41, 5.74) is 0. The first kappa shape index (κ1) is 14.0. The van der Waals surface area contributed by atoms with Crippen LogP contribution >= 0.6 is 38.9 Å². The summed E-state index contributed by atoms with van der Waals surface area (Å²) < 4.78 is 6.15. The second-order valence-corrected chi connectivity index (χ2v) is 5.67. The van der Waals surface area contributed by atoms with Crippen molar-refractivity contribution in [1.29, 1.82) is 0 Å². The maximum absolute atomic E-state index is 11.1. The maximum atomic E-state index is 11.1. The molecule has 0 saturated heterocycles. The molecule has 1 aromatic rings. The van der Waals surface area contributed by atoms with E-state index in [0.717, 1.165) is 9.35 Å². The van der Waals surface area contributed by atoms with Gasteiger partial charge in [0.15, 0.2) is 0 Å². The molecule has 0 aliphatic carbocycles. The van der Waals surface area contributed by atoms with Gasteiger partial charge in [0.2, 0.25) is 0 Å². The fraction of sp³-hybridized carbons (Fsp3) is 0.500. The Balaban J connectivity index is 2.46. The number of thiophene rings is 1. The number of hydrogen-bond donors (Lipinski definition) is 1. The molecule has 0 aliphatic heterocycles. The van der Waals surface area contributed by atoms with Crippen molar-refractivity contribution < 1.29 is 14.6 Å². The van der Waals surface area contributed by atoms with Gasteiger partial charge < -0.3 is 9.84 Å². The molecule has 6 heteroatoms. The summed E-state index contributed by atoms with van der Waals surface area (Å²) in [6.07, 6.45) is -0.109. The van der Waals surface area contributed by atoms with Crippen molar-refractivity contribution in [3.8, 4) is 0 Å². The zero-order valence-electron chi connectivity index (χ0n) is 8.70. The Kier molecular flexibility index (Phi) is 5.75. The molecule has 0 bridgehead atoms. The highest BCUT2D eigenvalue weighted by molar-refractivity contribution is 9.10. The molecular formula is C10H12BrClO3S. The average molecular weight is 328 g/mol. The molecular weight excluding hydrogens is 316 g/mol. The van der Waals surface area contributed by atoms with Crippen molar-refractivity contribution in [3.05, 3.63) is 19.8 Å². The smallest absolute Gasteiger partial charge is 0.305 e. The summed E-state index contributed by atoms with van der Waals surface area (Å²) in [5, 5.41) is 9.80. The van der Waals surface area contributed by atoms with Gasteiger partial charge in [-0.2, -0.15) is 0 Å². The van der Waals surface area contributed by atoms with Gasteiger partial charge in [0.05, 0.1) is 12.7 Å². The fourth-order valence-corrected chi connectivity index (χ4v) is 2.91. The van der Waals surface area contributed by atoms with Gasteiger partial charge in [-0.15, -0.1) is 11.3 Å². The normalized spacial score (nSPS) is 12.5. The third-order valence-corrected chi connectivity index (χ3v) is 4.50. The van der Waals surface area contributed by atoms with Crippen LogP contribution in [0.3, 0.4) is 0 Å². The van der Waals surface area contributed by atoms with E-state index < -0.39 is 6.10 Å². The summed E-state index contributed by atoms with van der Waals surface area (Å²) in [6.45, 7) is 2.12. The third-order valence-electron chi connectivity index (χ3n) is 1.92. The molecule has 90 valence electrons. The van der Waals surface area contributed by atoms with Crippen LogP contribution in [0.4, 0.5) is 0 Å². The number of hydrogen-bond acceptors (Lipinski definition) is 4. The monoisotopic (exact) mass is 326 g/mol. The van der Waals surface area contributed by atoms with E-state index in [-0.39, 0.29) is 12.4 Å². The predicted molar refractivity (Wildman–Crippen MR) is 67.9 cm³/mol. The minimum atomic E-state index is -0.668. The summed E-state index contributed by atoms with van der Waals surface area (Å²) in [6, 6.07) is 1.77. The number of ether oxygens (including phenoxy) is 1. The van der Waals surface area contributed by atoms with Crippen molar-refractivity contribution in [3.63, 3.8) is 0 Å². The quantitative estimate of drug-likeness (QED) is 0.841. The Bertz CT molecular complexity index is 347. The molecule has 3 nitrogen and oxygen atoms in total. The number of aliphatic hydroxyl groups excluding tert-OH is 1. The molecule has 1 atom stereocenters. The second-order valence-electron chi connectivity index (χ2n) is 3.13. The number of carbonyl (C=O) groups is 1. The minimum Gasteiger partial charge on any atom is -0.466 e. The van der Waals surface area contributed by atoms with Gasteiger partial charge >= 0.3 is 5.97 Å². The maximum Gasteiger partial charge on any atom is 0.305 e. The molecule has 0 saturated carbocycles. The lowest BCUT2D eigenvalue weighted by atomic mass is 10.2. The standard InChI is InChI=1S/C10H12BrClO3S/c1-2-15-9(14)4-3-7(13)8-5-6(11)10(12)16-8/h5,7,13H,2-4H2,1H3. The van der Waals surface area contributed by atoms with Crippen LogP contribution in [-0.2, 0) is 9.53 Å². The number of aliphatic hydroxyl groups is 1. The van der Waals surface area contributed by atoms with E-state index in [9.17, 15) is 9.90 Å². The van der Waals surface area contributed by atoms with Crippen LogP contribution < -0.4 is 0 Å². The van der Waals surface area contributed by atoms with E-state index in [0.29, 0.717) is 17.4 Å². The highest BCUT2D eigenvalue weighted by atomic mass is 79.9. The lowest BCUT2D eigenvalue weighted by molar-refractivity contribution is -0.143. The van der Waals surface area contributed by atoms with Gasteiger partial charge in [0.1, 0.15) is 4.34 Å². The number of halogens is 2. The molecule has 1 N–H and O–H groups in total. The number of carbonyl (C=O) groups excluding carboxylic acids is 1. The highest BCUT2D eigenvalue weighted by Crippen LogP contribution is 2.36. The molecule has 0 spiro atoms. The Morgan fingerprint density at radius 1 is 1.75 bits per heavy atom. The molecule has 0 fully saturated rings. The molecule has 0 amide bonds. The molecule has 16 heavy (non-hydrogen) atoms. The van der Waals surface area contributed by atoms with E-state index >= 15 is 0 Å². The number of rotatable bonds is 5. The largest absolute Gasteiger partial charge is 0.466 e. The van der Waals surface area contributed by atoms with Crippen LogP contribution in [0, 0.1) is 0 Å². The zero-order chi connectivity index (χ0) is 12.1. The van der Waals surface area contributed by atoms with Gasteiger partial charge in [-0.05, 0) is 35.3 Å². The average Bonchev–Trinajstić information content (AvgIpc) is 2.56. The molecule has 1 heterocycles. The van der Waals surface area contributed by atoms with Gasteiger partial charge in [-0.25, -0.2) is 0 Å². The van der Waals surface area contributed by atoms with Crippen LogP contribution in [0.1, 0.15) is 30.7 Å². The van der Waals surface area contributed by atoms with Crippen LogP contribution in [0.15, 0.2) is 10.5 Å². The fourth-order valence-electron chi connectivity index (χ4n) is 1.16. The van der Waals surface area contributed by atoms with Crippen molar-refractivity contribution in [2.24, 2.45) is 0 Å². The number of esters is 1. The molecule has 1 rings (SSSR count). The predicted octanol–water partition coefficient (Wildman–Crippen LogP) is 3.54. The summed E-state index contributed by atoms with van der Waals surface area (Å²) in [4.78, 5) is 11.8. The summed E-state index contributed by atoms with van der Waals surface area (Å²) in [7, 11) is 0. The molecule has 1 unspecified atom stereocenters. The first-order valence-corrected chi connectivity index (χ1v) is 6.81. The van der Waals surface area contributed by atoms with Gasteiger partial charge in [-0.1, -0.05) is 11.6 Å². The van der Waals surface area contributed by atoms with Crippen molar-refractivity contribution in [2.75, 3.05) is 6.61 Å². The van der Waals surface area contributed by atoms with Gasteiger partial charge in [0.25, 0.3) is 0 Å². The van der Waals surface area contributed by atoms with Gasteiger partial charge in [0, 0.05) is 15.8 Å². The van der Waals surface area contributed by atoms with E-state index in [1.165, 1.54) is 11.3 Å². The third kappa shape index (κ3) is 4.05. The van der Waals surface area contributed by atoms with Crippen LogP contribution in [0.2, 0.25) is 4.34 Å². The SMILES string of the molecule is CCOC(=O)CCC(O)c1cc(Br)c(Cl)s1. The first-order chi connectivity index (χ1) is 7.54. The van der Waals surface area contributed by atoms with Crippen LogP contribution in [0.5, 0.6) is 0 Å². The summed E-state index contributed by atoms with van der Waals surface area (Å²) in [5.74, 6) is -0.289. The first-order valence-electron chi connectivity index (χ1n) is 4.83. The van der Waals surface area contributed by atoms with Crippen molar-refractivity contribution in [2.45, 2.75) is 25.9 Å². The Morgan fingerprint density at radius 3 is 2.94 bits per heavy atom. The second kappa shape index (κ2) is 6.59. The topological polar surface area (TPSA) is 46.5 Å². The van der Waals surface area contributed by atoms with E-state index in [1.54, 1.807) is 13.0 Å². The van der Waals surface area contributed by atoms with E-state index in [2.05, 4.69) is 15.9 Å². The Labute approximate surface area is 112 Å². The van der Waals surface area contributed by atoms with Crippen LogP contribution in [0.25, 0.3) is 0 Å². The zero-order valence-corrected chi connectivity index (χ0v) is 11.9. The lowest BCUT2D eigenvalue weighted by Gasteiger charge is -2.07. The Hall–Kier alpha value is -0.100. The van der Waals surface area contributed by atoms with E-state index in [4.69, 9.17) is 16.3 Å².